The van der Waals surface area contributed by atoms with Crippen LogP contribution in [0.3, 0.4) is 0 Å². The number of aromatic nitrogens is 1. The second-order valence-corrected chi connectivity index (χ2v) is 7.40. The molecule has 0 radical (unpaired) electrons. The molecular formula is C16H24ClN3. The van der Waals surface area contributed by atoms with Gasteiger partial charge in [-0.3, -0.25) is 9.88 Å². The summed E-state index contributed by atoms with van der Waals surface area (Å²) in [5.41, 5.74) is 1.71. The van der Waals surface area contributed by atoms with Crippen molar-refractivity contribution in [3.63, 3.8) is 0 Å². The van der Waals surface area contributed by atoms with Gasteiger partial charge in [-0.25, -0.2) is 0 Å². The van der Waals surface area contributed by atoms with Crippen molar-refractivity contribution in [2.75, 3.05) is 13.1 Å². The molecule has 0 bridgehead atoms. The normalized spacial score (nSPS) is 25.1. The number of nitrogens with one attached hydrogen (secondary N) is 1. The summed E-state index contributed by atoms with van der Waals surface area (Å²) in [5.74, 6) is 0. The Morgan fingerprint density at radius 3 is 2.80 bits per heavy atom. The quantitative estimate of drug-likeness (QED) is 0.907. The van der Waals surface area contributed by atoms with Gasteiger partial charge >= 0.3 is 0 Å². The number of nitrogens with zero attached hydrogens (tertiary/aromatic N) is 2. The van der Waals surface area contributed by atoms with Gasteiger partial charge in [-0.2, -0.15) is 0 Å². The van der Waals surface area contributed by atoms with Crippen LogP contribution in [0, 0.1) is 0 Å². The van der Waals surface area contributed by atoms with E-state index in [0.29, 0.717) is 5.54 Å². The van der Waals surface area contributed by atoms with Gasteiger partial charge in [-0.05, 0) is 38.3 Å². The fourth-order valence-corrected chi connectivity index (χ4v) is 3.88. The number of piperazine rings is 1. The van der Waals surface area contributed by atoms with Crippen LogP contribution in [-0.2, 0) is 6.54 Å². The Bertz CT molecular complexity index is 480. The van der Waals surface area contributed by atoms with Crippen LogP contribution in [0.15, 0.2) is 18.5 Å². The molecule has 1 saturated carbocycles. The monoisotopic (exact) mass is 293 g/mol. The number of pyridine rings is 1. The zero-order valence-corrected chi connectivity index (χ0v) is 13.2. The van der Waals surface area contributed by atoms with Crippen LogP contribution < -0.4 is 5.32 Å². The summed E-state index contributed by atoms with van der Waals surface area (Å²) in [7, 11) is 0. The maximum absolute atomic E-state index is 6.30. The van der Waals surface area contributed by atoms with Gasteiger partial charge in [0.2, 0.25) is 0 Å². The molecule has 1 saturated heterocycles. The minimum absolute atomic E-state index is 0.174. The second-order valence-electron chi connectivity index (χ2n) is 6.99. The van der Waals surface area contributed by atoms with Crippen LogP contribution in [0.1, 0.15) is 45.1 Å². The van der Waals surface area contributed by atoms with Gasteiger partial charge < -0.3 is 5.32 Å². The zero-order valence-electron chi connectivity index (χ0n) is 12.5. The molecule has 2 fully saturated rings. The first-order valence-corrected chi connectivity index (χ1v) is 7.97. The van der Waals surface area contributed by atoms with E-state index < -0.39 is 0 Å². The van der Waals surface area contributed by atoms with E-state index in [2.05, 4.69) is 35.1 Å². The van der Waals surface area contributed by atoms with Crippen molar-refractivity contribution in [1.29, 1.82) is 0 Å². The maximum Gasteiger partial charge on any atom is 0.0634 e. The fraction of sp³-hybridized carbons (Fsp3) is 0.688. The van der Waals surface area contributed by atoms with Gasteiger partial charge in [-0.1, -0.05) is 24.4 Å². The van der Waals surface area contributed by atoms with Crippen LogP contribution in [0.2, 0.25) is 5.02 Å². The molecule has 1 aromatic heterocycles. The molecule has 0 amide bonds. The number of hydrogen-bond acceptors (Lipinski definition) is 3. The molecule has 3 nitrogen and oxygen atoms in total. The summed E-state index contributed by atoms with van der Waals surface area (Å²) in [4.78, 5) is 6.76. The van der Waals surface area contributed by atoms with Crippen LogP contribution in [0.4, 0.5) is 0 Å². The second kappa shape index (κ2) is 5.28. The topological polar surface area (TPSA) is 28.2 Å². The minimum atomic E-state index is 0.174. The van der Waals surface area contributed by atoms with E-state index in [4.69, 9.17) is 11.6 Å². The van der Waals surface area contributed by atoms with Crippen molar-refractivity contribution in [3.8, 4) is 0 Å². The van der Waals surface area contributed by atoms with E-state index >= 15 is 0 Å². The molecule has 110 valence electrons. The molecule has 1 N–H and O–H groups in total. The first-order chi connectivity index (χ1) is 9.51. The molecule has 1 aliphatic heterocycles. The Labute approximate surface area is 126 Å². The van der Waals surface area contributed by atoms with E-state index in [0.717, 1.165) is 24.7 Å². The van der Waals surface area contributed by atoms with Crippen LogP contribution in [0.5, 0.6) is 0 Å². The highest BCUT2D eigenvalue weighted by Crippen LogP contribution is 2.39. The van der Waals surface area contributed by atoms with Crippen molar-refractivity contribution >= 4 is 11.6 Å². The van der Waals surface area contributed by atoms with Gasteiger partial charge in [-0.15, -0.1) is 0 Å². The smallest absolute Gasteiger partial charge is 0.0634 e. The third-order valence-corrected chi connectivity index (χ3v) is 5.25. The fourth-order valence-electron chi connectivity index (χ4n) is 3.70. The molecule has 1 aromatic rings. The summed E-state index contributed by atoms with van der Waals surface area (Å²) in [6.45, 7) is 7.69. The van der Waals surface area contributed by atoms with E-state index in [9.17, 15) is 0 Å². The molecule has 20 heavy (non-hydrogen) atoms. The van der Waals surface area contributed by atoms with E-state index in [1.165, 1.54) is 31.2 Å². The van der Waals surface area contributed by atoms with E-state index in [-0.39, 0.29) is 5.54 Å². The summed E-state index contributed by atoms with van der Waals surface area (Å²) in [6, 6.07) is 2.06. The van der Waals surface area contributed by atoms with E-state index in [1.807, 2.05) is 6.20 Å². The molecule has 2 heterocycles. The highest BCUT2D eigenvalue weighted by Gasteiger charge is 2.45. The van der Waals surface area contributed by atoms with Gasteiger partial charge in [0.25, 0.3) is 0 Å². The largest absolute Gasteiger partial charge is 0.309 e. The molecule has 0 atom stereocenters. The summed E-state index contributed by atoms with van der Waals surface area (Å²) < 4.78 is 0. The van der Waals surface area contributed by atoms with Crippen LogP contribution in [0.25, 0.3) is 0 Å². The van der Waals surface area contributed by atoms with Crippen molar-refractivity contribution in [2.24, 2.45) is 0 Å². The van der Waals surface area contributed by atoms with Crippen LogP contribution in [-0.4, -0.2) is 34.1 Å². The van der Waals surface area contributed by atoms with Crippen LogP contribution >= 0.6 is 11.6 Å². The molecule has 4 heteroatoms. The molecule has 1 spiro atoms. The lowest BCUT2D eigenvalue weighted by molar-refractivity contribution is 0.0122. The van der Waals surface area contributed by atoms with E-state index in [1.54, 1.807) is 6.20 Å². The SMILES string of the molecule is CC1(C)CN(Cc2ccncc2Cl)C2(CCCC2)CN1. The lowest BCUT2D eigenvalue weighted by Crippen LogP contribution is -2.66. The Morgan fingerprint density at radius 1 is 1.35 bits per heavy atom. The molecule has 1 aliphatic carbocycles. The van der Waals surface area contributed by atoms with Gasteiger partial charge in [0.15, 0.2) is 0 Å². The van der Waals surface area contributed by atoms with Crippen molar-refractivity contribution in [3.05, 3.63) is 29.0 Å². The number of halogens is 1. The highest BCUT2D eigenvalue weighted by atomic mass is 35.5. The van der Waals surface area contributed by atoms with Gasteiger partial charge in [0.1, 0.15) is 0 Å². The third-order valence-electron chi connectivity index (χ3n) is 4.90. The van der Waals surface area contributed by atoms with Gasteiger partial charge in [0.05, 0.1) is 5.02 Å². The summed E-state index contributed by atoms with van der Waals surface area (Å²) >= 11 is 6.30. The standard InChI is InChI=1S/C16H24ClN3/c1-15(2)12-20(10-13-5-8-18-9-14(13)17)16(11-19-15)6-3-4-7-16/h5,8-9,19H,3-4,6-7,10-12H2,1-2H3. The lowest BCUT2D eigenvalue weighted by Gasteiger charge is -2.51. The first kappa shape index (κ1) is 14.3. The molecule has 0 unspecified atom stereocenters. The molecule has 2 aliphatic rings. The molecule has 0 aromatic carbocycles. The molecular weight excluding hydrogens is 270 g/mol. The zero-order chi connectivity index (χ0) is 14.2. The number of rotatable bonds is 2. The van der Waals surface area contributed by atoms with Crippen molar-refractivity contribution in [1.82, 2.24) is 15.2 Å². The average molecular weight is 294 g/mol. The first-order valence-electron chi connectivity index (χ1n) is 7.59. The Kier molecular flexibility index (Phi) is 3.78. The highest BCUT2D eigenvalue weighted by molar-refractivity contribution is 6.31. The lowest BCUT2D eigenvalue weighted by atomic mass is 9.86. The minimum Gasteiger partial charge on any atom is -0.309 e. The Morgan fingerprint density at radius 2 is 2.10 bits per heavy atom. The maximum atomic E-state index is 6.30. The predicted octanol–water partition coefficient (Wildman–Crippen LogP) is 3.23. The molecule has 3 rings (SSSR count). The van der Waals surface area contributed by atoms with Crippen molar-refractivity contribution < 1.29 is 0 Å². The summed E-state index contributed by atoms with van der Waals surface area (Å²) in [5, 5.41) is 4.52. The van der Waals surface area contributed by atoms with Gasteiger partial charge in [0, 0.05) is 43.1 Å². The Hall–Kier alpha value is -0.640. The third kappa shape index (κ3) is 2.72. The summed E-state index contributed by atoms with van der Waals surface area (Å²) in [6.07, 6.45) is 8.91. The predicted molar refractivity (Wildman–Crippen MR) is 82.9 cm³/mol. The average Bonchev–Trinajstić information content (AvgIpc) is 2.87. The Balaban J connectivity index is 1.85. The van der Waals surface area contributed by atoms with Crippen molar-refractivity contribution in [2.45, 2.75) is 57.2 Å². The number of hydrogen-bond donors (Lipinski definition) is 1.